The summed E-state index contributed by atoms with van der Waals surface area (Å²) in [7, 11) is -2.37. The van der Waals surface area contributed by atoms with E-state index >= 15 is 0 Å². The van der Waals surface area contributed by atoms with Crippen LogP contribution in [-0.2, 0) is 14.8 Å². The molecule has 9 heteroatoms. The number of hydrogen-bond acceptors (Lipinski definition) is 5. The van der Waals surface area contributed by atoms with Crippen molar-refractivity contribution in [3.63, 3.8) is 0 Å². The predicted molar refractivity (Wildman–Crippen MR) is 60.4 cm³/mol. The first-order chi connectivity index (χ1) is 7.88. The second-order valence-corrected chi connectivity index (χ2v) is 5.40. The maximum absolute atomic E-state index is 11.7. The fraction of sp³-hybridized carbons (Fsp3) is 0.375. The number of nitrogens with one attached hydrogen (secondary N) is 1. The van der Waals surface area contributed by atoms with Gasteiger partial charge in [-0.15, -0.1) is 0 Å². The van der Waals surface area contributed by atoms with Crippen LogP contribution in [0.2, 0.25) is 0 Å². The van der Waals surface area contributed by atoms with E-state index in [0.29, 0.717) is 0 Å². The molecule has 0 amide bonds. The zero-order valence-corrected chi connectivity index (χ0v) is 11.2. The Kier molecular flexibility index (Phi) is 4.69. The van der Waals surface area contributed by atoms with Gasteiger partial charge in [0, 0.05) is 19.7 Å². The monoisotopic (exact) mass is 327 g/mol. The average Bonchev–Trinajstić information content (AvgIpc) is 2.61. The van der Waals surface area contributed by atoms with Gasteiger partial charge < -0.3 is 14.3 Å². The molecule has 0 aromatic carbocycles. The third-order valence-electron chi connectivity index (χ3n) is 1.75. The van der Waals surface area contributed by atoms with Gasteiger partial charge in [0.2, 0.25) is 15.8 Å². The Balaban J connectivity index is 2.95. The quantitative estimate of drug-likeness (QED) is 0.743. The van der Waals surface area contributed by atoms with Crippen molar-refractivity contribution in [1.82, 2.24) is 4.72 Å². The molecule has 0 atom stereocenters. The van der Waals surface area contributed by atoms with Crippen LogP contribution >= 0.6 is 15.9 Å². The molecule has 2 N–H and O–H groups in total. The van der Waals surface area contributed by atoms with E-state index in [-0.39, 0.29) is 22.7 Å². The minimum atomic E-state index is -3.81. The molecule has 7 nitrogen and oxygen atoms in total. The second-order valence-electron chi connectivity index (χ2n) is 2.94. The van der Waals surface area contributed by atoms with Gasteiger partial charge in [-0.1, -0.05) is 0 Å². The number of sulfonamides is 1. The first-order valence-electron chi connectivity index (χ1n) is 4.39. The maximum atomic E-state index is 11.7. The highest BCUT2D eigenvalue weighted by molar-refractivity contribution is 9.10. The largest absolute Gasteiger partial charge is 0.475 e. The van der Waals surface area contributed by atoms with E-state index in [1.165, 1.54) is 7.11 Å². The highest BCUT2D eigenvalue weighted by atomic mass is 79.9. The number of carboxylic acids is 1. The third-order valence-corrected chi connectivity index (χ3v) is 4.07. The third kappa shape index (κ3) is 3.53. The molecule has 17 heavy (non-hydrogen) atoms. The maximum Gasteiger partial charge on any atom is 0.371 e. The van der Waals surface area contributed by atoms with Crippen LogP contribution in [0.15, 0.2) is 20.0 Å². The van der Waals surface area contributed by atoms with Gasteiger partial charge in [-0.25, -0.2) is 17.9 Å². The summed E-state index contributed by atoms with van der Waals surface area (Å²) in [5.41, 5.74) is 0. The van der Waals surface area contributed by atoms with Crippen molar-refractivity contribution < 1.29 is 27.5 Å². The number of carbonyl (C=O) groups is 1. The molecule has 1 aromatic heterocycles. The van der Waals surface area contributed by atoms with Gasteiger partial charge in [-0.2, -0.15) is 0 Å². The van der Waals surface area contributed by atoms with Gasteiger partial charge in [0.1, 0.15) is 4.90 Å². The first kappa shape index (κ1) is 14.2. The van der Waals surface area contributed by atoms with Crippen LogP contribution in [-0.4, -0.2) is 39.8 Å². The van der Waals surface area contributed by atoms with Gasteiger partial charge >= 0.3 is 5.97 Å². The minimum absolute atomic E-state index is 0.0822. The Hall–Kier alpha value is -0.900. The van der Waals surface area contributed by atoms with Crippen LogP contribution in [0.4, 0.5) is 0 Å². The van der Waals surface area contributed by atoms with Crippen LogP contribution in [0, 0.1) is 0 Å². The molecule has 96 valence electrons. The molecule has 0 aliphatic carbocycles. The zero-order chi connectivity index (χ0) is 13.1. The summed E-state index contributed by atoms with van der Waals surface area (Å²) in [5.74, 6) is -1.80. The minimum Gasteiger partial charge on any atom is -0.475 e. The molecule has 0 aliphatic rings. The summed E-state index contributed by atoms with van der Waals surface area (Å²) in [6.45, 7) is 0.291. The van der Waals surface area contributed by atoms with Crippen molar-refractivity contribution in [2.75, 3.05) is 20.3 Å². The first-order valence-corrected chi connectivity index (χ1v) is 6.67. The summed E-state index contributed by atoms with van der Waals surface area (Å²) in [5, 5.41) is 8.65. The van der Waals surface area contributed by atoms with Crippen LogP contribution < -0.4 is 4.72 Å². The Labute approximate surface area is 106 Å². The highest BCUT2D eigenvalue weighted by Crippen LogP contribution is 2.25. The number of methoxy groups -OCH3 is 1. The van der Waals surface area contributed by atoms with Gasteiger partial charge in [-0.3, -0.25) is 0 Å². The lowest BCUT2D eigenvalue weighted by molar-refractivity contribution is 0.0661. The van der Waals surface area contributed by atoms with E-state index in [4.69, 9.17) is 14.3 Å². The number of hydrogen-bond donors (Lipinski definition) is 2. The van der Waals surface area contributed by atoms with Crippen molar-refractivity contribution in [1.29, 1.82) is 0 Å². The number of furan rings is 1. The van der Waals surface area contributed by atoms with Gasteiger partial charge in [0.05, 0.1) is 6.61 Å². The molecule has 1 aromatic rings. The Morgan fingerprint density at radius 3 is 2.76 bits per heavy atom. The number of aromatic carboxylic acids is 1. The smallest absolute Gasteiger partial charge is 0.371 e. The number of rotatable bonds is 6. The van der Waals surface area contributed by atoms with Gasteiger partial charge in [-0.05, 0) is 15.9 Å². The second kappa shape index (κ2) is 5.63. The van der Waals surface area contributed by atoms with Crippen molar-refractivity contribution >= 4 is 31.9 Å². The number of halogens is 1. The zero-order valence-electron chi connectivity index (χ0n) is 8.77. The fourth-order valence-corrected chi connectivity index (χ4v) is 2.95. The van der Waals surface area contributed by atoms with E-state index in [0.717, 1.165) is 6.07 Å². The highest BCUT2D eigenvalue weighted by Gasteiger charge is 2.24. The van der Waals surface area contributed by atoms with Crippen LogP contribution in [0.5, 0.6) is 0 Å². The van der Waals surface area contributed by atoms with E-state index in [9.17, 15) is 13.2 Å². The van der Waals surface area contributed by atoms with E-state index in [1.807, 2.05) is 0 Å². The molecule has 0 aliphatic heterocycles. The summed E-state index contributed by atoms with van der Waals surface area (Å²) < 4.78 is 34.9. The molecular formula is C8H10BrNO6S. The normalized spacial score (nSPS) is 11.6. The fourth-order valence-electron chi connectivity index (χ4n) is 0.997. The lowest BCUT2D eigenvalue weighted by Gasteiger charge is -2.03. The Morgan fingerprint density at radius 2 is 2.29 bits per heavy atom. The molecule has 0 radical (unpaired) electrons. The molecule has 1 rings (SSSR count). The molecule has 0 unspecified atom stereocenters. The standard InChI is InChI=1S/C8H10BrNO6S/c1-15-3-2-10-17(13,14)6-4-5(8(11)12)16-7(6)9/h4,10H,2-3H2,1H3,(H,11,12). The van der Waals surface area contributed by atoms with Crippen LogP contribution in [0.25, 0.3) is 0 Å². The van der Waals surface area contributed by atoms with Crippen molar-refractivity contribution in [3.05, 3.63) is 16.5 Å². The van der Waals surface area contributed by atoms with Gasteiger partial charge in [0.15, 0.2) is 4.67 Å². The van der Waals surface area contributed by atoms with Crippen molar-refractivity contribution in [2.45, 2.75) is 4.90 Å². The Morgan fingerprint density at radius 1 is 1.65 bits per heavy atom. The summed E-state index contributed by atoms with van der Waals surface area (Å²) in [4.78, 5) is 10.3. The predicted octanol–water partition coefficient (Wildman–Crippen LogP) is 0.665. The summed E-state index contributed by atoms with van der Waals surface area (Å²) >= 11 is 2.85. The van der Waals surface area contributed by atoms with Crippen LogP contribution in [0.3, 0.4) is 0 Å². The Bertz CT molecular complexity index is 508. The molecule has 1 heterocycles. The topological polar surface area (TPSA) is 106 Å². The molecule has 0 fully saturated rings. The van der Waals surface area contributed by atoms with Crippen LogP contribution in [0.1, 0.15) is 10.6 Å². The molecule has 0 bridgehead atoms. The molecule has 0 saturated heterocycles. The van der Waals surface area contributed by atoms with Gasteiger partial charge in [0.25, 0.3) is 0 Å². The van der Waals surface area contributed by atoms with Crippen molar-refractivity contribution in [2.24, 2.45) is 0 Å². The number of carboxylic acid groups (broad SMARTS) is 1. The lowest BCUT2D eigenvalue weighted by Crippen LogP contribution is -2.27. The molecule has 0 spiro atoms. The van der Waals surface area contributed by atoms with E-state index < -0.39 is 21.8 Å². The van der Waals surface area contributed by atoms with E-state index in [1.54, 1.807) is 0 Å². The molecular weight excluding hydrogens is 318 g/mol. The molecule has 0 saturated carbocycles. The SMILES string of the molecule is COCCNS(=O)(=O)c1cc(C(=O)O)oc1Br. The average molecular weight is 328 g/mol. The number of ether oxygens (including phenoxy) is 1. The van der Waals surface area contributed by atoms with Crippen molar-refractivity contribution in [3.8, 4) is 0 Å². The lowest BCUT2D eigenvalue weighted by atomic mass is 10.5. The van der Waals surface area contributed by atoms with E-state index in [2.05, 4.69) is 20.7 Å². The summed E-state index contributed by atoms with van der Waals surface area (Å²) in [6, 6.07) is 0.932. The summed E-state index contributed by atoms with van der Waals surface area (Å²) in [6.07, 6.45) is 0.